The van der Waals surface area contributed by atoms with E-state index >= 15 is 0 Å². The smallest absolute Gasteiger partial charge is 0.161 e. The number of ether oxygens (including phenoxy) is 3. The SMILES string of the molecule is CCOc1cc(C(N)=S)ccc1OCCOc1ccccc1C. The van der Waals surface area contributed by atoms with Crippen molar-refractivity contribution in [3.63, 3.8) is 0 Å². The molecule has 0 aliphatic carbocycles. The van der Waals surface area contributed by atoms with Crippen LogP contribution in [-0.4, -0.2) is 24.8 Å². The molecule has 0 aliphatic heterocycles. The fourth-order valence-corrected chi connectivity index (χ4v) is 2.20. The molecule has 2 aromatic rings. The fourth-order valence-electron chi connectivity index (χ4n) is 2.07. The number of hydrogen-bond acceptors (Lipinski definition) is 4. The molecule has 0 amide bonds. The van der Waals surface area contributed by atoms with Crippen molar-refractivity contribution < 1.29 is 14.2 Å². The summed E-state index contributed by atoms with van der Waals surface area (Å²) in [5.74, 6) is 2.15. The molecule has 0 heterocycles. The summed E-state index contributed by atoms with van der Waals surface area (Å²) in [5.41, 5.74) is 7.50. The third-order valence-electron chi connectivity index (χ3n) is 3.22. The first-order valence-corrected chi connectivity index (χ1v) is 7.90. The Kier molecular flexibility index (Phi) is 6.23. The molecule has 0 atom stereocenters. The van der Waals surface area contributed by atoms with Gasteiger partial charge >= 0.3 is 0 Å². The van der Waals surface area contributed by atoms with Crippen LogP contribution in [0.2, 0.25) is 0 Å². The zero-order valence-corrected chi connectivity index (χ0v) is 14.2. The Morgan fingerprint density at radius 2 is 1.65 bits per heavy atom. The lowest BCUT2D eigenvalue weighted by Gasteiger charge is -2.14. The summed E-state index contributed by atoms with van der Waals surface area (Å²) in [5, 5.41) is 0. The highest BCUT2D eigenvalue weighted by molar-refractivity contribution is 7.80. The van der Waals surface area contributed by atoms with Crippen molar-refractivity contribution in [2.24, 2.45) is 5.73 Å². The summed E-state index contributed by atoms with van der Waals surface area (Å²) in [6, 6.07) is 13.3. The van der Waals surface area contributed by atoms with Gasteiger partial charge in [-0.3, -0.25) is 0 Å². The molecular weight excluding hydrogens is 310 g/mol. The molecule has 0 radical (unpaired) electrons. The number of hydrogen-bond donors (Lipinski definition) is 1. The van der Waals surface area contributed by atoms with Gasteiger partial charge in [0, 0.05) is 5.56 Å². The molecule has 0 saturated carbocycles. The Labute approximate surface area is 142 Å². The molecule has 0 spiro atoms. The highest BCUT2D eigenvalue weighted by atomic mass is 32.1. The number of aryl methyl sites for hydroxylation is 1. The van der Waals surface area contributed by atoms with Gasteiger partial charge in [0.25, 0.3) is 0 Å². The molecule has 0 saturated heterocycles. The van der Waals surface area contributed by atoms with Crippen LogP contribution in [0.25, 0.3) is 0 Å². The minimum Gasteiger partial charge on any atom is -0.490 e. The maximum Gasteiger partial charge on any atom is 0.161 e. The first-order valence-electron chi connectivity index (χ1n) is 7.49. The Morgan fingerprint density at radius 3 is 2.30 bits per heavy atom. The van der Waals surface area contributed by atoms with Gasteiger partial charge in [-0.25, -0.2) is 0 Å². The van der Waals surface area contributed by atoms with Gasteiger partial charge < -0.3 is 19.9 Å². The summed E-state index contributed by atoms with van der Waals surface area (Å²) in [6.45, 7) is 5.33. The van der Waals surface area contributed by atoms with Crippen LogP contribution in [0.1, 0.15) is 18.1 Å². The van der Waals surface area contributed by atoms with E-state index < -0.39 is 0 Å². The van der Waals surface area contributed by atoms with E-state index in [0.717, 1.165) is 16.9 Å². The lowest BCUT2D eigenvalue weighted by Crippen LogP contribution is -2.12. The Morgan fingerprint density at radius 1 is 0.957 bits per heavy atom. The quantitative estimate of drug-likeness (QED) is 0.593. The predicted octanol–water partition coefficient (Wildman–Crippen LogP) is 3.49. The standard InChI is InChI=1S/C18H21NO3S/c1-3-20-17-12-14(18(19)23)8-9-16(17)22-11-10-21-15-7-5-4-6-13(15)2/h4-9,12H,3,10-11H2,1-2H3,(H2,19,23). The molecule has 0 unspecified atom stereocenters. The molecule has 5 heteroatoms. The third kappa shape index (κ3) is 4.86. The topological polar surface area (TPSA) is 53.7 Å². The van der Waals surface area contributed by atoms with Gasteiger partial charge in [-0.15, -0.1) is 0 Å². The van der Waals surface area contributed by atoms with Crippen LogP contribution in [0.5, 0.6) is 17.2 Å². The minimum atomic E-state index is 0.334. The molecule has 0 bridgehead atoms. The largest absolute Gasteiger partial charge is 0.490 e. The zero-order chi connectivity index (χ0) is 16.7. The van der Waals surface area contributed by atoms with Crippen molar-refractivity contribution in [2.75, 3.05) is 19.8 Å². The number of benzene rings is 2. The fraction of sp³-hybridized carbons (Fsp3) is 0.278. The van der Waals surface area contributed by atoms with Crippen molar-refractivity contribution in [3.05, 3.63) is 53.6 Å². The number of para-hydroxylation sites is 1. The summed E-state index contributed by atoms with van der Waals surface area (Å²) < 4.78 is 17.0. The van der Waals surface area contributed by atoms with Gasteiger partial charge in [0.2, 0.25) is 0 Å². The molecule has 23 heavy (non-hydrogen) atoms. The molecule has 0 fully saturated rings. The van der Waals surface area contributed by atoms with E-state index in [1.54, 1.807) is 6.07 Å². The van der Waals surface area contributed by atoms with Gasteiger partial charge in [0.15, 0.2) is 11.5 Å². The van der Waals surface area contributed by atoms with Crippen molar-refractivity contribution in [1.82, 2.24) is 0 Å². The van der Waals surface area contributed by atoms with Crippen molar-refractivity contribution >= 4 is 17.2 Å². The molecular formula is C18H21NO3S. The first-order chi connectivity index (χ1) is 11.1. The van der Waals surface area contributed by atoms with Crippen LogP contribution in [0.3, 0.4) is 0 Å². The second kappa shape index (κ2) is 8.39. The number of rotatable bonds is 8. The monoisotopic (exact) mass is 331 g/mol. The van der Waals surface area contributed by atoms with E-state index in [0.29, 0.717) is 36.3 Å². The van der Waals surface area contributed by atoms with Crippen LogP contribution >= 0.6 is 12.2 Å². The third-order valence-corrected chi connectivity index (χ3v) is 3.46. The molecule has 122 valence electrons. The molecule has 0 aliphatic rings. The predicted molar refractivity (Wildman–Crippen MR) is 95.7 cm³/mol. The van der Waals surface area contributed by atoms with Gasteiger partial charge in [-0.05, 0) is 43.7 Å². The van der Waals surface area contributed by atoms with Crippen molar-refractivity contribution in [1.29, 1.82) is 0 Å². The average molecular weight is 331 g/mol. The molecule has 2 aromatic carbocycles. The first kappa shape index (κ1) is 17.1. The van der Waals surface area contributed by atoms with Crippen LogP contribution in [-0.2, 0) is 0 Å². The van der Waals surface area contributed by atoms with Crippen LogP contribution in [0.4, 0.5) is 0 Å². The van der Waals surface area contributed by atoms with Crippen molar-refractivity contribution in [3.8, 4) is 17.2 Å². The van der Waals surface area contributed by atoms with E-state index in [1.807, 2.05) is 50.2 Å². The minimum absolute atomic E-state index is 0.334. The zero-order valence-electron chi connectivity index (χ0n) is 13.4. The van der Waals surface area contributed by atoms with Gasteiger partial charge in [-0.1, -0.05) is 30.4 Å². The highest BCUT2D eigenvalue weighted by Gasteiger charge is 2.08. The average Bonchev–Trinajstić information content (AvgIpc) is 2.54. The summed E-state index contributed by atoms with van der Waals surface area (Å²) in [6.07, 6.45) is 0. The van der Waals surface area contributed by atoms with Gasteiger partial charge in [0.05, 0.1) is 6.61 Å². The summed E-state index contributed by atoms with van der Waals surface area (Å²) >= 11 is 4.98. The van der Waals surface area contributed by atoms with Crippen molar-refractivity contribution in [2.45, 2.75) is 13.8 Å². The Balaban J connectivity index is 1.94. The molecule has 4 nitrogen and oxygen atoms in total. The maximum atomic E-state index is 5.75. The van der Waals surface area contributed by atoms with E-state index in [9.17, 15) is 0 Å². The van der Waals surface area contributed by atoms with Gasteiger partial charge in [0.1, 0.15) is 24.0 Å². The van der Waals surface area contributed by atoms with Crippen LogP contribution in [0, 0.1) is 6.92 Å². The van der Waals surface area contributed by atoms with E-state index in [4.69, 9.17) is 32.2 Å². The summed E-state index contributed by atoms with van der Waals surface area (Å²) in [4.78, 5) is 0.334. The lowest BCUT2D eigenvalue weighted by molar-refractivity contribution is 0.207. The maximum absolute atomic E-state index is 5.75. The Bertz CT molecular complexity index is 673. The normalized spacial score (nSPS) is 10.2. The molecule has 2 rings (SSSR count). The van der Waals surface area contributed by atoms with Crippen LogP contribution in [0.15, 0.2) is 42.5 Å². The van der Waals surface area contributed by atoms with Crippen LogP contribution < -0.4 is 19.9 Å². The summed E-state index contributed by atoms with van der Waals surface area (Å²) in [7, 11) is 0. The second-order valence-corrected chi connectivity index (χ2v) is 5.36. The van der Waals surface area contributed by atoms with E-state index in [-0.39, 0.29) is 0 Å². The highest BCUT2D eigenvalue weighted by Crippen LogP contribution is 2.28. The Hall–Kier alpha value is -2.27. The number of thiocarbonyl (C=S) groups is 1. The number of nitrogens with two attached hydrogens (primary N) is 1. The lowest BCUT2D eigenvalue weighted by atomic mass is 10.2. The van der Waals surface area contributed by atoms with E-state index in [2.05, 4.69) is 0 Å². The van der Waals surface area contributed by atoms with E-state index in [1.165, 1.54) is 0 Å². The van der Waals surface area contributed by atoms with Gasteiger partial charge in [-0.2, -0.15) is 0 Å². The molecule has 2 N–H and O–H groups in total. The molecule has 0 aromatic heterocycles. The second-order valence-electron chi connectivity index (χ2n) is 4.92.